The summed E-state index contributed by atoms with van der Waals surface area (Å²) in [4.78, 5) is 6.77. The molecule has 0 amide bonds. The maximum Gasteiger partial charge on any atom is 0.180 e. The highest BCUT2D eigenvalue weighted by atomic mass is 32.1. The Hall–Kier alpha value is -0.610. The number of piperidine rings is 1. The molecule has 4 heteroatoms. The Morgan fingerprint density at radius 1 is 1.47 bits per heavy atom. The van der Waals surface area contributed by atoms with E-state index in [1.54, 1.807) is 0 Å². The van der Waals surface area contributed by atoms with Crippen molar-refractivity contribution in [3.05, 3.63) is 11.1 Å². The van der Waals surface area contributed by atoms with E-state index < -0.39 is 0 Å². The van der Waals surface area contributed by atoms with Crippen molar-refractivity contribution in [1.29, 1.82) is 0 Å². The van der Waals surface area contributed by atoms with E-state index in [1.165, 1.54) is 37.3 Å². The minimum Gasteiger partial charge on any atom is -0.375 e. The standard InChI is InChI=1S/C11H19N3S/c1-11(2)3-5-14(6-4-11)7-9-8-15-10(12)13-9/h8H,3-7H2,1-2H3,(H2,12,13). The fraction of sp³-hybridized carbons (Fsp3) is 0.727. The van der Waals surface area contributed by atoms with Gasteiger partial charge in [-0.15, -0.1) is 11.3 Å². The van der Waals surface area contributed by atoms with Crippen LogP contribution in [0, 0.1) is 5.41 Å². The fourth-order valence-corrected chi connectivity index (χ4v) is 2.49. The molecule has 0 radical (unpaired) electrons. The summed E-state index contributed by atoms with van der Waals surface area (Å²) in [6.45, 7) is 8.04. The number of hydrogen-bond acceptors (Lipinski definition) is 4. The van der Waals surface area contributed by atoms with Gasteiger partial charge in [-0.1, -0.05) is 13.8 Å². The molecule has 1 saturated heterocycles. The predicted octanol–water partition coefficient (Wildman–Crippen LogP) is 2.35. The highest BCUT2D eigenvalue weighted by Crippen LogP contribution is 2.30. The summed E-state index contributed by atoms with van der Waals surface area (Å²) in [5, 5.41) is 2.75. The maximum absolute atomic E-state index is 5.62. The minimum absolute atomic E-state index is 0.525. The van der Waals surface area contributed by atoms with Crippen LogP contribution in [0.4, 0.5) is 5.13 Å². The van der Waals surface area contributed by atoms with Crippen LogP contribution in [0.5, 0.6) is 0 Å². The summed E-state index contributed by atoms with van der Waals surface area (Å²) >= 11 is 1.53. The number of aromatic nitrogens is 1. The van der Waals surface area contributed by atoms with E-state index in [4.69, 9.17) is 5.73 Å². The first-order valence-electron chi connectivity index (χ1n) is 5.47. The van der Waals surface area contributed by atoms with Crippen molar-refractivity contribution in [3.63, 3.8) is 0 Å². The van der Waals surface area contributed by atoms with Crippen molar-refractivity contribution in [2.75, 3.05) is 18.8 Å². The third-order valence-electron chi connectivity index (χ3n) is 3.16. The highest BCUT2D eigenvalue weighted by molar-refractivity contribution is 7.13. The molecule has 0 aromatic carbocycles. The van der Waals surface area contributed by atoms with Crippen molar-refractivity contribution in [1.82, 2.24) is 9.88 Å². The highest BCUT2D eigenvalue weighted by Gasteiger charge is 2.25. The average molecular weight is 225 g/mol. The zero-order valence-electron chi connectivity index (χ0n) is 9.49. The Balaban J connectivity index is 1.87. The van der Waals surface area contributed by atoms with E-state index >= 15 is 0 Å². The zero-order valence-corrected chi connectivity index (χ0v) is 10.3. The molecule has 0 bridgehead atoms. The Morgan fingerprint density at radius 3 is 2.67 bits per heavy atom. The summed E-state index contributed by atoms with van der Waals surface area (Å²) in [6.07, 6.45) is 2.57. The third kappa shape index (κ3) is 2.92. The van der Waals surface area contributed by atoms with Crippen LogP contribution < -0.4 is 5.73 Å². The molecule has 2 heterocycles. The smallest absolute Gasteiger partial charge is 0.180 e. The van der Waals surface area contributed by atoms with Crippen molar-refractivity contribution in [3.8, 4) is 0 Å². The zero-order chi connectivity index (χ0) is 10.9. The van der Waals surface area contributed by atoms with Crippen LogP contribution in [-0.2, 0) is 6.54 Å². The van der Waals surface area contributed by atoms with Gasteiger partial charge in [0.05, 0.1) is 5.69 Å². The molecule has 1 fully saturated rings. The van der Waals surface area contributed by atoms with Gasteiger partial charge < -0.3 is 5.73 Å². The lowest BCUT2D eigenvalue weighted by Crippen LogP contribution is -2.36. The summed E-state index contributed by atoms with van der Waals surface area (Å²) < 4.78 is 0. The van der Waals surface area contributed by atoms with Crippen LogP contribution in [0.3, 0.4) is 0 Å². The summed E-state index contributed by atoms with van der Waals surface area (Å²) in [5.41, 5.74) is 7.26. The number of nitrogens with two attached hydrogens (primary N) is 1. The normalized spacial score (nSPS) is 21.7. The molecule has 0 aliphatic carbocycles. The molecule has 1 aliphatic heterocycles. The number of nitrogen functional groups attached to an aromatic ring is 1. The second-order valence-corrected chi connectivity index (χ2v) is 6.01. The number of nitrogens with zero attached hydrogens (tertiary/aromatic N) is 2. The van der Waals surface area contributed by atoms with Gasteiger partial charge in [-0.3, -0.25) is 4.90 Å². The first-order valence-corrected chi connectivity index (χ1v) is 6.35. The van der Waals surface area contributed by atoms with Gasteiger partial charge in [0.15, 0.2) is 5.13 Å². The minimum atomic E-state index is 0.525. The first kappa shape index (κ1) is 10.9. The van der Waals surface area contributed by atoms with Gasteiger partial charge in [0.2, 0.25) is 0 Å². The molecule has 1 aromatic rings. The van der Waals surface area contributed by atoms with Gasteiger partial charge in [0, 0.05) is 11.9 Å². The number of likely N-dealkylation sites (tertiary alicyclic amines) is 1. The van der Waals surface area contributed by atoms with E-state index in [0.29, 0.717) is 10.5 Å². The lowest BCUT2D eigenvalue weighted by Gasteiger charge is -2.36. The van der Waals surface area contributed by atoms with Gasteiger partial charge >= 0.3 is 0 Å². The SMILES string of the molecule is CC1(C)CCN(Cc2csc(N)n2)CC1. The molecule has 2 rings (SSSR count). The molecule has 1 aromatic heterocycles. The molecule has 3 nitrogen and oxygen atoms in total. The molecule has 15 heavy (non-hydrogen) atoms. The van der Waals surface area contributed by atoms with Gasteiger partial charge in [-0.25, -0.2) is 4.98 Å². The predicted molar refractivity (Wildman–Crippen MR) is 64.8 cm³/mol. The fourth-order valence-electron chi connectivity index (χ4n) is 1.94. The molecule has 2 N–H and O–H groups in total. The number of anilines is 1. The topological polar surface area (TPSA) is 42.1 Å². The van der Waals surface area contributed by atoms with Gasteiger partial charge in [-0.05, 0) is 31.3 Å². The largest absolute Gasteiger partial charge is 0.375 e. The van der Waals surface area contributed by atoms with Crippen LogP contribution in [0.2, 0.25) is 0 Å². The van der Waals surface area contributed by atoms with E-state index in [0.717, 1.165) is 12.2 Å². The van der Waals surface area contributed by atoms with E-state index in [-0.39, 0.29) is 0 Å². The molecule has 0 unspecified atom stereocenters. The molecule has 0 spiro atoms. The van der Waals surface area contributed by atoms with Gasteiger partial charge in [-0.2, -0.15) is 0 Å². The Morgan fingerprint density at radius 2 is 2.13 bits per heavy atom. The van der Waals surface area contributed by atoms with Crippen molar-refractivity contribution in [2.45, 2.75) is 33.2 Å². The van der Waals surface area contributed by atoms with Crippen LogP contribution in [-0.4, -0.2) is 23.0 Å². The Labute approximate surface area is 95.3 Å². The summed E-state index contributed by atoms with van der Waals surface area (Å²) in [5.74, 6) is 0. The molecular weight excluding hydrogens is 206 g/mol. The van der Waals surface area contributed by atoms with Crippen molar-refractivity contribution in [2.24, 2.45) is 5.41 Å². The molecule has 1 aliphatic rings. The van der Waals surface area contributed by atoms with Crippen molar-refractivity contribution >= 4 is 16.5 Å². The lowest BCUT2D eigenvalue weighted by molar-refractivity contribution is 0.126. The van der Waals surface area contributed by atoms with Crippen molar-refractivity contribution < 1.29 is 0 Å². The quantitative estimate of drug-likeness (QED) is 0.840. The Bertz CT molecular complexity index is 322. The van der Waals surface area contributed by atoms with Crippen LogP contribution >= 0.6 is 11.3 Å². The molecule has 84 valence electrons. The number of rotatable bonds is 2. The van der Waals surface area contributed by atoms with E-state index in [2.05, 4.69) is 29.1 Å². The maximum atomic E-state index is 5.62. The van der Waals surface area contributed by atoms with Crippen LogP contribution in [0.25, 0.3) is 0 Å². The Kier molecular flexibility index (Phi) is 2.98. The monoisotopic (exact) mass is 225 g/mol. The molecular formula is C11H19N3S. The number of thiazole rings is 1. The van der Waals surface area contributed by atoms with Gasteiger partial charge in [0.1, 0.15) is 0 Å². The van der Waals surface area contributed by atoms with Crippen LogP contribution in [0.15, 0.2) is 5.38 Å². The van der Waals surface area contributed by atoms with E-state index in [1.807, 2.05) is 0 Å². The van der Waals surface area contributed by atoms with Crippen LogP contribution in [0.1, 0.15) is 32.4 Å². The molecule has 0 saturated carbocycles. The first-order chi connectivity index (χ1) is 7.05. The second kappa shape index (κ2) is 4.10. The number of hydrogen-bond donors (Lipinski definition) is 1. The molecule has 0 atom stereocenters. The third-order valence-corrected chi connectivity index (χ3v) is 3.89. The second-order valence-electron chi connectivity index (χ2n) is 5.12. The average Bonchev–Trinajstić information content (AvgIpc) is 2.55. The van der Waals surface area contributed by atoms with Gasteiger partial charge in [0.25, 0.3) is 0 Å². The summed E-state index contributed by atoms with van der Waals surface area (Å²) in [6, 6.07) is 0. The lowest BCUT2D eigenvalue weighted by atomic mass is 9.83. The summed E-state index contributed by atoms with van der Waals surface area (Å²) in [7, 11) is 0. The van der Waals surface area contributed by atoms with E-state index in [9.17, 15) is 0 Å².